The summed E-state index contributed by atoms with van der Waals surface area (Å²) < 4.78 is 46.9. The normalized spacial score (nSPS) is 15.8. The smallest absolute Gasteiger partial charge is 0.378 e. The molecule has 6 nitrogen and oxygen atoms in total. The molecule has 0 aliphatic carbocycles. The van der Waals surface area contributed by atoms with E-state index in [4.69, 9.17) is 4.74 Å². The average molecular weight is 548 g/mol. The number of carbonyl (C=O) groups excluding carboxylic acids is 1. The lowest BCUT2D eigenvalue weighted by molar-refractivity contribution is -0.138. The highest BCUT2D eigenvalue weighted by Crippen LogP contribution is 2.34. The number of hydrogen-bond donors (Lipinski definition) is 1. The van der Waals surface area contributed by atoms with Gasteiger partial charge in [-0.3, -0.25) is 14.7 Å². The van der Waals surface area contributed by atoms with Crippen LogP contribution >= 0.6 is 22.6 Å². The number of nitrogens with zero attached hydrogens (tertiary/aromatic N) is 3. The number of ether oxygens (including phenoxy) is 1. The number of methoxy groups -OCH3 is 1. The average Bonchev–Trinajstić information content (AvgIpc) is 2.71. The SMILES string of the molecule is COCc1ncc(C(=O)Nc2ccc(CN3CCN(C)CC3)c(C(F)(F)F)c2)cc1I. The van der Waals surface area contributed by atoms with E-state index < -0.39 is 17.6 Å². The summed E-state index contributed by atoms with van der Waals surface area (Å²) in [5.41, 5.74) is 0.518. The van der Waals surface area contributed by atoms with E-state index in [0.717, 1.165) is 35.8 Å². The van der Waals surface area contributed by atoms with Crippen LogP contribution < -0.4 is 5.32 Å². The van der Waals surface area contributed by atoms with Crippen LogP contribution in [0.1, 0.15) is 27.2 Å². The van der Waals surface area contributed by atoms with E-state index >= 15 is 0 Å². The molecule has 3 rings (SSSR count). The number of piperazine rings is 1. The van der Waals surface area contributed by atoms with Crippen LogP contribution in [-0.2, 0) is 24.1 Å². The van der Waals surface area contributed by atoms with Gasteiger partial charge in [-0.2, -0.15) is 13.2 Å². The highest BCUT2D eigenvalue weighted by Gasteiger charge is 2.34. The molecule has 0 radical (unpaired) electrons. The lowest BCUT2D eigenvalue weighted by Gasteiger charge is -2.33. The van der Waals surface area contributed by atoms with Crippen molar-refractivity contribution in [2.45, 2.75) is 19.3 Å². The molecule has 2 aromatic rings. The van der Waals surface area contributed by atoms with E-state index in [0.29, 0.717) is 12.3 Å². The molecule has 0 atom stereocenters. The third kappa shape index (κ3) is 6.37. The minimum Gasteiger partial charge on any atom is -0.378 e. The Bertz CT molecular complexity index is 931. The van der Waals surface area contributed by atoms with Gasteiger partial charge in [0.2, 0.25) is 0 Å². The molecule has 1 saturated heterocycles. The number of rotatable bonds is 6. The summed E-state index contributed by atoms with van der Waals surface area (Å²) in [4.78, 5) is 20.9. The van der Waals surface area contributed by atoms with Gasteiger partial charge in [0.05, 0.1) is 23.4 Å². The molecule has 0 unspecified atom stereocenters. The molecule has 2 heterocycles. The molecule has 1 aromatic carbocycles. The Hall–Kier alpha value is -1.76. The third-order valence-corrected chi connectivity index (χ3v) is 6.06. The molecule has 0 spiro atoms. The van der Waals surface area contributed by atoms with Crippen molar-refractivity contribution in [3.63, 3.8) is 0 Å². The summed E-state index contributed by atoms with van der Waals surface area (Å²) in [6.07, 6.45) is -3.13. The van der Waals surface area contributed by atoms with Gasteiger partial charge in [0, 0.05) is 55.3 Å². The summed E-state index contributed by atoms with van der Waals surface area (Å²) in [5, 5.41) is 2.55. The zero-order valence-electron chi connectivity index (χ0n) is 17.3. The predicted molar refractivity (Wildman–Crippen MR) is 120 cm³/mol. The first kappa shape index (κ1) is 23.9. The van der Waals surface area contributed by atoms with Gasteiger partial charge in [-0.25, -0.2) is 0 Å². The standard InChI is InChI=1S/C21H24F3IN4O2/c1-28-5-7-29(8-6-28)12-14-3-4-16(10-17(14)21(22,23)24)27-20(30)15-9-18(25)19(13-31-2)26-11-15/h3-4,9-11H,5-8,12-13H2,1-2H3,(H,27,30). The van der Waals surface area contributed by atoms with Gasteiger partial charge in [0.15, 0.2) is 0 Å². The second-order valence-electron chi connectivity index (χ2n) is 7.49. The van der Waals surface area contributed by atoms with Gasteiger partial charge in [-0.1, -0.05) is 6.07 Å². The minimum absolute atomic E-state index is 0.0930. The number of carbonyl (C=O) groups is 1. The lowest BCUT2D eigenvalue weighted by atomic mass is 10.0. The van der Waals surface area contributed by atoms with Gasteiger partial charge >= 0.3 is 6.18 Å². The first-order chi connectivity index (χ1) is 14.7. The molecule has 0 bridgehead atoms. The Balaban J connectivity index is 1.77. The van der Waals surface area contributed by atoms with Crippen molar-refractivity contribution >= 4 is 34.2 Å². The van der Waals surface area contributed by atoms with Crippen molar-refractivity contribution in [2.24, 2.45) is 0 Å². The van der Waals surface area contributed by atoms with Crippen molar-refractivity contribution in [1.82, 2.24) is 14.8 Å². The monoisotopic (exact) mass is 548 g/mol. The van der Waals surface area contributed by atoms with Crippen LogP contribution in [0, 0.1) is 3.57 Å². The van der Waals surface area contributed by atoms with Crippen LogP contribution in [0.2, 0.25) is 0 Å². The molecule has 10 heteroatoms. The summed E-state index contributed by atoms with van der Waals surface area (Å²) in [5.74, 6) is -0.519. The van der Waals surface area contributed by atoms with Gasteiger partial charge in [0.1, 0.15) is 0 Å². The number of likely N-dealkylation sites (N-methyl/N-ethyl adjacent to an activating group) is 1. The Morgan fingerprint density at radius 1 is 1.23 bits per heavy atom. The molecule has 31 heavy (non-hydrogen) atoms. The van der Waals surface area contributed by atoms with E-state index in [1.807, 2.05) is 34.5 Å². The number of aromatic nitrogens is 1. The second-order valence-corrected chi connectivity index (χ2v) is 8.65. The van der Waals surface area contributed by atoms with Crippen molar-refractivity contribution in [3.05, 3.63) is 56.4 Å². The number of alkyl halides is 3. The highest BCUT2D eigenvalue weighted by molar-refractivity contribution is 14.1. The fraction of sp³-hybridized carbons (Fsp3) is 0.429. The topological polar surface area (TPSA) is 57.7 Å². The van der Waals surface area contributed by atoms with E-state index in [2.05, 4.69) is 15.2 Å². The molecule has 1 aliphatic rings. The number of amides is 1. The number of anilines is 1. The zero-order chi connectivity index (χ0) is 22.6. The van der Waals surface area contributed by atoms with Crippen molar-refractivity contribution in [2.75, 3.05) is 45.7 Å². The summed E-state index contributed by atoms with van der Waals surface area (Å²) >= 11 is 2.04. The number of benzene rings is 1. The number of hydrogen-bond acceptors (Lipinski definition) is 5. The molecule has 0 saturated carbocycles. The summed E-state index contributed by atoms with van der Waals surface area (Å²) in [6.45, 7) is 3.62. The van der Waals surface area contributed by atoms with Gasteiger partial charge in [-0.15, -0.1) is 0 Å². The van der Waals surface area contributed by atoms with E-state index in [1.54, 1.807) is 13.2 Å². The Morgan fingerprint density at radius 2 is 1.94 bits per heavy atom. The van der Waals surface area contributed by atoms with Gasteiger partial charge < -0.3 is 15.0 Å². The molecule has 1 fully saturated rings. The van der Waals surface area contributed by atoms with Crippen LogP contribution in [-0.4, -0.2) is 61.0 Å². The van der Waals surface area contributed by atoms with Crippen LogP contribution in [0.3, 0.4) is 0 Å². The summed E-state index contributed by atoms with van der Waals surface area (Å²) in [7, 11) is 3.54. The zero-order valence-corrected chi connectivity index (χ0v) is 19.5. The molecular formula is C21H24F3IN4O2. The Labute approximate surface area is 192 Å². The predicted octanol–water partition coefficient (Wildman–Crippen LogP) is 3.85. The van der Waals surface area contributed by atoms with Crippen LogP contribution in [0.15, 0.2) is 30.5 Å². The van der Waals surface area contributed by atoms with E-state index in [9.17, 15) is 18.0 Å². The molecule has 1 aromatic heterocycles. The molecule has 1 amide bonds. The van der Waals surface area contributed by atoms with Crippen LogP contribution in [0.4, 0.5) is 18.9 Å². The molecule has 168 valence electrons. The largest absolute Gasteiger partial charge is 0.416 e. The molecule has 1 N–H and O–H groups in total. The fourth-order valence-electron chi connectivity index (χ4n) is 3.34. The van der Waals surface area contributed by atoms with Crippen molar-refractivity contribution in [1.29, 1.82) is 0 Å². The third-order valence-electron chi connectivity index (χ3n) is 5.12. The maximum Gasteiger partial charge on any atom is 0.416 e. The number of halogens is 4. The molecular weight excluding hydrogens is 524 g/mol. The van der Waals surface area contributed by atoms with E-state index in [-0.39, 0.29) is 23.4 Å². The first-order valence-corrected chi connectivity index (χ1v) is 10.8. The van der Waals surface area contributed by atoms with Crippen molar-refractivity contribution < 1.29 is 22.7 Å². The maximum atomic E-state index is 13.7. The summed E-state index contributed by atoms with van der Waals surface area (Å²) in [6, 6.07) is 5.58. The maximum absolute atomic E-state index is 13.7. The highest BCUT2D eigenvalue weighted by atomic mass is 127. The van der Waals surface area contributed by atoms with Gasteiger partial charge in [0.25, 0.3) is 5.91 Å². The molecule has 1 aliphatic heterocycles. The fourth-order valence-corrected chi connectivity index (χ4v) is 3.97. The quantitative estimate of drug-likeness (QED) is 0.557. The van der Waals surface area contributed by atoms with Crippen LogP contribution in [0.25, 0.3) is 0 Å². The van der Waals surface area contributed by atoms with Gasteiger partial charge in [-0.05, 0) is 53.4 Å². The Morgan fingerprint density at radius 3 is 2.55 bits per heavy atom. The number of nitrogens with one attached hydrogen (secondary N) is 1. The Kier molecular flexibility index (Phi) is 7.89. The minimum atomic E-state index is -4.51. The number of pyridine rings is 1. The van der Waals surface area contributed by atoms with Crippen LogP contribution in [0.5, 0.6) is 0 Å². The second kappa shape index (κ2) is 10.2. The lowest BCUT2D eigenvalue weighted by Crippen LogP contribution is -2.44. The van der Waals surface area contributed by atoms with Crippen molar-refractivity contribution in [3.8, 4) is 0 Å². The first-order valence-electron chi connectivity index (χ1n) is 9.73. The van der Waals surface area contributed by atoms with E-state index in [1.165, 1.54) is 18.3 Å².